The maximum Gasteiger partial charge on any atom is 0.0713 e. The van der Waals surface area contributed by atoms with Crippen molar-refractivity contribution >= 4 is 5.71 Å². The zero-order chi connectivity index (χ0) is 8.81. The van der Waals surface area contributed by atoms with E-state index < -0.39 is 0 Å². The van der Waals surface area contributed by atoms with Gasteiger partial charge in [-0.3, -0.25) is 0 Å². The van der Waals surface area contributed by atoms with Gasteiger partial charge < -0.3 is 10.1 Å². The summed E-state index contributed by atoms with van der Waals surface area (Å²) in [6.45, 7) is 0.610. The molecular weight excluding hydrogens is 150 g/mol. The molecule has 0 aliphatic heterocycles. The third-order valence-electron chi connectivity index (χ3n) is 1.82. The molecule has 0 aromatic heterocycles. The molecule has 1 aliphatic rings. The van der Waals surface area contributed by atoms with Crippen molar-refractivity contribution in [1.82, 2.24) is 0 Å². The number of hydrogen-bond donors (Lipinski definition) is 1. The second-order valence-electron chi connectivity index (χ2n) is 2.97. The van der Waals surface area contributed by atoms with Gasteiger partial charge in [0.1, 0.15) is 0 Å². The SMILES string of the molecule is COC/C1=C/C(=N)CCCC=C1. The number of ether oxygens (including phenoxy) is 1. The van der Waals surface area contributed by atoms with E-state index in [1.807, 2.05) is 6.08 Å². The van der Waals surface area contributed by atoms with Crippen molar-refractivity contribution in [2.75, 3.05) is 13.7 Å². The smallest absolute Gasteiger partial charge is 0.0713 e. The van der Waals surface area contributed by atoms with Gasteiger partial charge in [0.2, 0.25) is 0 Å². The average Bonchev–Trinajstić information content (AvgIpc) is 2.00. The van der Waals surface area contributed by atoms with Gasteiger partial charge >= 0.3 is 0 Å². The summed E-state index contributed by atoms with van der Waals surface area (Å²) in [4.78, 5) is 0. The molecule has 0 aromatic rings. The molecule has 0 aromatic carbocycles. The van der Waals surface area contributed by atoms with E-state index in [4.69, 9.17) is 10.1 Å². The molecule has 0 amide bonds. The highest BCUT2D eigenvalue weighted by molar-refractivity contribution is 5.93. The Labute approximate surface area is 73.4 Å². The summed E-state index contributed by atoms with van der Waals surface area (Å²) in [6, 6.07) is 0. The van der Waals surface area contributed by atoms with E-state index in [0.29, 0.717) is 12.3 Å². The van der Waals surface area contributed by atoms with Crippen LogP contribution in [0.25, 0.3) is 0 Å². The Bertz CT molecular complexity index is 216. The molecule has 1 rings (SSSR count). The van der Waals surface area contributed by atoms with Crippen molar-refractivity contribution in [1.29, 1.82) is 5.41 Å². The average molecular weight is 165 g/mol. The topological polar surface area (TPSA) is 33.1 Å². The van der Waals surface area contributed by atoms with Crippen LogP contribution in [-0.4, -0.2) is 19.4 Å². The van der Waals surface area contributed by atoms with Crippen LogP contribution in [0.15, 0.2) is 23.8 Å². The highest BCUT2D eigenvalue weighted by atomic mass is 16.5. The van der Waals surface area contributed by atoms with Crippen LogP contribution < -0.4 is 0 Å². The third-order valence-corrected chi connectivity index (χ3v) is 1.82. The standard InChI is InChI=1S/C10H15NO/c1-12-8-9-5-3-2-4-6-10(11)7-9/h3,5,7,11H,2,4,6,8H2,1H3/b5-3?,9-7+,11-10?. The van der Waals surface area contributed by atoms with E-state index in [-0.39, 0.29) is 0 Å². The highest BCUT2D eigenvalue weighted by Gasteiger charge is 1.99. The number of nitrogens with one attached hydrogen (secondary N) is 1. The van der Waals surface area contributed by atoms with Gasteiger partial charge in [-0.25, -0.2) is 0 Å². The lowest BCUT2D eigenvalue weighted by atomic mass is 10.1. The van der Waals surface area contributed by atoms with Crippen LogP contribution in [0.3, 0.4) is 0 Å². The molecule has 0 radical (unpaired) electrons. The molecule has 0 spiro atoms. The Morgan fingerprint density at radius 1 is 1.58 bits per heavy atom. The van der Waals surface area contributed by atoms with Gasteiger partial charge in [-0.05, 0) is 30.9 Å². The largest absolute Gasteiger partial charge is 0.380 e. The summed E-state index contributed by atoms with van der Waals surface area (Å²) in [5.74, 6) is 0. The Morgan fingerprint density at radius 3 is 3.17 bits per heavy atom. The zero-order valence-corrected chi connectivity index (χ0v) is 7.47. The van der Waals surface area contributed by atoms with Gasteiger partial charge in [0, 0.05) is 12.8 Å². The summed E-state index contributed by atoms with van der Waals surface area (Å²) in [5, 5.41) is 7.57. The first-order chi connectivity index (χ1) is 5.83. The summed E-state index contributed by atoms with van der Waals surface area (Å²) >= 11 is 0. The molecular formula is C10H15NO. The second-order valence-corrected chi connectivity index (χ2v) is 2.97. The fourth-order valence-electron chi connectivity index (χ4n) is 1.25. The molecule has 2 nitrogen and oxygen atoms in total. The molecule has 2 heteroatoms. The van der Waals surface area contributed by atoms with Gasteiger partial charge in [-0.2, -0.15) is 0 Å². The first-order valence-corrected chi connectivity index (χ1v) is 4.26. The van der Waals surface area contributed by atoms with Gasteiger partial charge in [0.25, 0.3) is 0 Å². The minimum Gasteiger partial charge on any atom is -0.380 e. The Morgan fingerprint density at radius 2 is 2.42 bits per heavy atom. The fourth-order valence-corrected chi connectivity index (χ4v) is 1.25. The van der Waals surface area contributed by atoms with Crippen molar-refractivity contribution in [3.05, 3.63) is 23.8 Å². The van der Waals surface area contributed by atoms with E-state index in [1.54, 1.807) is 7.11 Å². The van der Waals surface area contributed by atoms with Crippen LogP contribution >= 0.6 is 0 Å². The number of methoxy groups -OCH3 is 1. The van der Waals surface area contributed by atoms with Gasteiger partial charge in [0.15, 0.2) is 0 Å². The normalized spacial score (nSPS) is 22.8. The van der Waals surface area contributed by atoms with Gasteiger partial charge in [-0.1, -0.05) is 12.2 Å². The Hall–Kier alpha value is -0.890. The van der Waals surface area contributed by atoms with Crippen molar-refractivity contribution in [2.24, 2.45) is 0 Å². The quantitative estimate of drug-likeness (QED) is 0.669. The van der Waals surface area contributed by atoms with E-state index in [2.05, 4.69) is 12.2 Å². The molecule has 0 saturated carbocycles. The van der Waals surface area contributed by atoms with Gasteiger partial charge in [0.05, 0.1) is 6.61 Å². The molecule has 0 atom stereocenters. The Kier molecular flexibility index (Phi) is 3.74. The second kappa shape index (κ2) is 4.88. The molecule has 0 fully saturated rings. The molecule has 1 N–H and O–H groups in total. The number of allylic oxidation sites excluding steroid dienone is 2. The molecule has 1 aliphatic carbocycles. The number of hydrogen-bond acceptors (Lipinski definition) is 2. The van der Waals surface area contributed by atoms with E-state index in [0.717, 1.165) is 24.8 Å². The molecule has 0 saturated heterocycles. The lowest BCUT2D eigenvalue weighted by molar-refractivity contribution is 0.228. The maximum absolute atomic E-state index is 7.57. The van der Waals surface area contributed by atoms with E-state index in [9.17, 15) is 0 Å². The minimum absolute atomic E-state index is 0.610. The summed E-state index contributed by atoms with van der Waals surface area (Å²) in [6.07, 6.45) is 9.15. The predicted molar refractivity (Wildman–Crippen MR) is 50.7 cm³/mol. The molecule has 0 heterocycles. The van der Waals surface area contributed by atoms with Crippen LogP contribution in [0.4, 0.5) is 0 Å². The van der Waals surface area contributed by atoms with Crippen LogP contribution in [0, 0.1) is 5.41 Å². The van der Waals surface area contributed by atoms with Crippen molar-refractivity contribution in [3.63, 3.8) is 0 Å². The zero-order valence-electron chi connectivity index (χ0n) is 7.47. The van der Waals surface area contributed by atoms with E-state index in [1.165, 1.54) is 0 Å². The molecule has 66 valence electrons. The lowest BCUT2D eigenvalue weighted by Crippen LogP contribution is -1.99. The predicted octanol–water partition coefficient (Wildman–Crippen LogP) is 2.32. The third kappa shape index (κ3) is 3.01. The summed E-state index contributed by atoms with van der Waals surface area (Å²) in [5.41, 5.74) is 1.81. The Balaban J connectivity index is 2.64. The summed E-state index contributed by atoms with van der Waals surface area (Å²) in [7, 11) is 1.68. The monoisotopic (exact) mass is 165 g/mol. The maximum atomic E-state index is 7.57. The van der Waals surface area contributed by atoms with Gasteiger partial charge in [-0.15, -0.1) is 0 Å². The van der Waals surface area contributed by atoms with Crippen LogP contribution in [0.1, 0.15) is 19.3 Å². The summed E-state index contributed by atoms with van der Waals surface area (Å²) < 4.78 is 5.01. The first kappa shape index (κ1) is 9.20. The number of rotatable bonds is 2. The van der Waals surface area contributed by atoms with Crippen LogP contribution in [0.5, 0.6) is 0 Å². The highest BCUT2D eigenvalue weighted by Crippen LogP contribution is 2.08. The molecule has 0 bridgehead atoms. The van der Waals surface area contributed by atoms with Crippen LogP contribution in [-0.2, 0) is 4.74 Å². The van der Waals surface area contributed by atoms with Crippen molar-refractivity contribution < 1.29 is 4.74 Å². The van der Waals surface area contributed by atoms with Crippen molar-refractivity contribution in [2.45, 2.75) is 19.3 Å². The van der Waals surface area contributed by atoms with Crippen LogP contribution in [0.2, 0.25) is 0 Å². The molecule has 12 heavy (non-hydrogen) atoms. The van der Waals surface area contributed by atoms with Crippen molar-refractivity contribution in [3.8, 4) is 0 Å². The molecule has 0 unspecified atom stereocenters. The fraction of sp³-hybridized carbons (Fsp3) is 0.500. The van der Waals surface area contributed by atoms with E-state index >= 15 is 0 Å². The first-order valence-electron chi connectivity index (χ1n) is 4.26. The minimum atomic E-state index is 0.610. The lowest BCUT2D eigenvalue weighted by Gasteiger charge is -2.05.